The van der Waals surface area contributed by atoms with E-state index in [9.17, 15) is 9.59 Å². The first-order valence-corrected chi connectivity index (χ1v) is 8.06. The van der Waals surface area contributed by atoms with Gasteiger partial charge >= 0.3 is 6.09 Å². The number of amides is 2. The molecular weight excluding hydrogens is 292 g/mol. The van der Waals surface area contributed by atoms with Gasteiger partial charge in [-0.2, -0.15) is 0 Å². The van der Waals surface area contributed by atoms with Crippen molar-refractivity contribution < 1.29 is 14.3 Å². The summed E-state index contributed by atoms with van der Waals surface area (Å²) < 4.78 is 5.27. The predicted molar refractivity (Wildman–Crippen MR) is 88.8 cm³/mol. The molecule has 0 bridgehead atoms. The molecule has 23 heavy (non-hydrogen) atoms. The average Bonchev–Trinajstić information content (AvgIpc) is 2.79. The summed E-state index contributed by atoms with van der Waals surface area (Å²) in [6, 6.07) is 9.84. The molecule has 1 aliphatic heterocycles. The van der Waals surface area contributed by atoms with Crippen LogP contribution in [0, 0.1) is 5.92 Å². The maximum Gasteiger partial charge on any atom is 0.407 e. The number of carbonyl (C=O) groups excluding carboxylic acids is 2. The average molecular weight is 318 g/mol. The Balaban J connectivity index is 1.87. The lowest BCUT2D eigenvalue weighted by Gasteiger charge is -2.24. The molecule has 0 unspecified atom stereocenters. The Labute approximate surface area is 138 Å². The quantitative estimate of drug-likeness (QED) is 0.928. The fourth-order valence-corrected chi connectivity index (χ4v) is 2.71. The number of benzene rings is 1. The normalized spacial score (nSPS) is 19.6. The first-order chi connectivity index (χ1) is 10.7. The molecule has 0 aromatic heterocycles. The van der Waals surface area contributed by atoms with E-state index in [0.717, 1.165) is 5.56 Å². The molecule has 0 saturated carbocycles. The molecule has 5 heteroatoms. The van der Waals surface area contributed by atoms with Crippen LogP contribution < -0.4 is 5.32 Å². The highest BCUT2D eigenvalue weighted by Crippen LogP contribution is 2.23. The van der Waals surface area contributed by atoms with Crippen molar-refractivity contribution in [1.82, 2.24) is 10.2 Å². The van der Waals surface area contributed by atoms with Crippen molar-refractivity contribution in [2.24, 2.45) is 5.92 Å². The Morgan fingerprint density at radius 3 is 2.61 bits per heavy atom. The van der Waals surface area contributed by atoms with E-state index in [1.165, 1.54) is 0 Å². The van der Waals surface area contributed by atoms with E-state index >= 15 is 0 Å². The van der Waals surface area contributed by atoms with Gasteiger partial charge in [-0.3, -0.25) is 4.79 Å². The number of nitrogens with one attached hydrogen (secondary N) is 1. The summed E-state index contributed by atoms with van der Waals surface area (Å²) in [6.07, 6.45) is 0.0306. The largest absolute Gasteiger partial charge is 0.444 e. The minimum absolute atomic E-state index is 0.102. The number of rotatable bonds is 4. The third kappa shape index (κ3) is 5.27. The van der Waals surface area contributed by atoms with Crippen molar-refractivity contribution in [2.75, 3.05) is 6.54 Å². The van der Waals surface area contributed by atoms with Crippen molar-refractivity contribution in [2.45, 2.75) is 52.3 Å². The summed E-state index contributed by atoms with van der Waals surface area (Å²) in [5, 5.41) is 2.84. The van der Waals surface area contributed by atoms with Crippen LogP contribution in [0.5, 0.6) is 0 Å². The van der Waals surface area contributed by atoms with Gasteiger partial charge < -0.3 is 15.0 Å². The molecule has 1 aromatic rings. The van der Waals surface area contributed by atoms with E-state index < -0.39 is 11.7 Å². The maximum absolute atomic E-state index is 12.2. The molecule has 5 nitrogen and oxygen atoms in total. The third-order valence-corrected chi connectivity index (χ3v) is 3.91. The fraction of sp³-hybridized carbons (Fsp3) is 0.556. The summed E-state index contributed by atoms with van der Waals surface area (Å²) in [7, 11) is 0. The Hall–Kier alpha value is -2.04. The molecule has 1 N–H and O–H groups in total. The van der Waals surface area contributed by atoms with Crippen molar-refractivity contribution in [3.63, 3.8) is 0 Å². The Morgan fingerprint density at radius 2 is 2.00 bits per heavy atom. The lowest BCUT2D eigenvalue weighted by atomic mass is 10.0. The first-order valence-electron chi connectivity index (χ1n) is 8.06. The highest BCUT2D eigenvalue weighted by molar-refractivity contribution is 5.79. The van der Waals surface area contributed by atoms with Gasteiger partial charge in [0.1, 0.15) is 5.60 Å². The van der Waals surface area contributed by atoms with Gasteiger partial charge in [0.25, 0.3) is 0 Å². The number of likely N-dealkylation sites (tertiary alicyclic amines) is 1. The highest BCUT2D eigenvalue weighted by Gasteiger charge is 2.34. The minimum atomic E-state index is -0.519. The smallest absolute Gasteiger partial charge is 0.407 e. The Morgan fingerprint density at radius 1 is 1.35 bits per heavy atom. The van der Waals surface area contributed by atoms with Gasteiger partial charge in [-0.25, -0.2) is 4.79 Å². The van der Waals surface area contributed by atoms with E-state index in [0.29, 0.717) is 19.5 Å². The SMILES string of the molecule is C[C@H](NC(=O)OC(C)(C)C)[C@@H]1CC(=O)N(Cc2ccccc2)C1. The monoisotopic (exact) mass is 318 g/mol. The molecule has 0 spiro atoms. The lowest BCUT2D eigenvalue weighted by molar-refractivity contribution is -0.128. The number of hydrogen-bond donors (Lipinski definition) is 1. The molecule has 0 aliphatic carbocycles. The number of carbonyl (C=O) groups is 2. The zero-order valence-corrected chi connectivity index (χ0v) is 14.3. The van der Waals surface area contributed by atoms with Crippen LogP contribution in [0.4, 0.5) is 4.79 Å². The predicted octanol–water partition coefficient (Wildman–Crippen LogP) is 2.95. The number of nitrogens with zero attached hydrogens (tertiary/aromatic N) is 1. The molecule has 2 rings (SSSR count). The van der Waals surface area contributed by atoms with Crippen molar-refractivity contribution in [3.05, 3.63) is 35.9 Å². The molecule has 2 atom stereocenters. The van der Waals surface area contributed by atoms with Crippen LogP contribution >= 0.6 is 0 Å². The first kappa shape index (κ1) is 17.3. The zero-order valence-electron chi connectivity index (χ0n) is 14.3. The van der Waals surface area contributed by atoms with Crippen LogP contribution in [0.1, 0.15) is 39.7 Å². The number of alkyl carbamates (subject to hydrolysis) is 1. The second kappa shape index (κ2) is 7.02. The topological polar surface area (TPSA) is 58.6 Å². The Bertz CT molecular complexity index is 551. The lowest BCUT2D eigenvalue weighted by Crippen LogP contribution is -2.42. The second-order valence-corrected chi connectivity index (χ2v) is 7.16. The molecule has 1 heterocycles. The van der Waals surface area contributed by atoms with E-state index in [-0.39, 0.29) is 17.9 Å². The summed E-state index contributed by atoms with van der Waals surface area (Å²) in [5.74, 6) is 0.246. The summed E-state index contributed by atoms with van der Waals surface area (Å²) in [6.45, 7) is 8.70. The van der Waals surface area contributed by atoms with Gasteiger partial charge in [0, 0.05) is 31.5 Å². The summed E-state index contributed by atoms with van der Waals surface area (Å²) in [4.78, 5) is 25.9. The molecule has 1 aromatic carbocycles. The van der Waals surface area contributed by atoms with Crippen molar-refractivity contribution in [3.8, 4) is 0 Å². The van der Waals surface area contributed by atoms with Gasteiger partial charge in [0.15, 0.2) is 0 Å². The summed E-state index contributed by atoms with van der Waals surface area (Å²) in [5.41, 5.74) is 0.600. The minimum Gasteiger partial charge on any atom is -0.444 e. The van der Waals surface area contributed by atoms with Crippen LogP contribution in [-0.4, -0.2) is 35.1 Å². The Kier molecular flexibility index (Phi) is 5.29. The third-order valence-electron chi connectivity index (χ3n) is 3.91. The van der Waals surface area contributed by atoms with Gasteiger partial charge in [-0.15, -0.1) is 0 Å². The maximum atomic E-state index is 12.2. The standard InChI is InChI=1S/C18H26N2O3/c1-13(19-17(22)23-18(2,3)4)15-10-16(21)20(12-15)11-14-8-6-5-7-9-14/h5-9,13,15H,10-12H2,1-4H3,(H,19,22)/t13-,15+/m0/s1. The van der Waals surface area contributed by atoms with Crippen molar-refractivity contribution in [1.29, 1.82) is 0 Å². The van der Waals surface area contributed by atoms with E-state index in [2.05, 4.69) is 5.32 Å². The van der Waals surface area contributed by atoms with Gasteiger partial charge in [0.2, 0.25) is 5.91 Å². The number of ether oxygens (including phenoxy) is 1. The molecule has 126 valence electrons. The number of hydrogen-bond acceptors (Lipinski definition) is 3. The molecule has 1 aliphatic rings. The molecule has 1 fully saturated rings. The van der Waals surface area contributed by atoms with Crippen LogP contribution in [0.3, 0.4) is 0 Å². The van der Waals surface area contributed by atoms with E-state index in [1.54, 1.807) is 0 Å². The second-order valence-electron chi connectivity index (χ2n) is 7.16. The molecule has 0 radical (unpaired) electrons. The fourth-order valence-electron chi connectivity index (χ4n) is 2.71. The van der Waals surface area contributed by atoms with Crippen LogP contribution in [-0.2, 0) is 16.1 Å². The molecule has 2 amide bonds. The van der Waals surface area contributed by atoms with Gasteiger partial charge in [0.05, 0.1) is 0 Å². The molecule has 1 saturated heterocycles. The zero-order chi connectivity index (χ0) is 17.0. The highest BCUT2D eigenvalue weighted by atomic mass is 16.6. The van der Waals surface area contributed by atoms with Crippen LogP contribution in [0.25, 0.3) is 0 Å². The van der Waals surface area contributed by atoms with Crippen molar-refractivity contribution >= 4 is 12.0 Å². The van der Waals surface area contributed by atoms with Crippen LogP contribution in [0.15, 0.2) is 30.3 Å². The summed E-state index contributed by atoms with van der Waals surface area (Å²) >= 11 is 0. The van der Waals surface area contributed by atoms with E-state index in [4.69, 9.17) is 4.74 Å². The van der Waals surface area contributed by atoms with Gasteiger partial charge in [-0.05, 0) is 33.3 Å². The van der Waals surface area contributed by atoms with E-state index in [1.807, 2.05) is 62.9 Å². The van der Waals surface area contributed by atoms with Crippen LogP contribution in [0.2, 0.25) is 0 Å². The van der Waals surface area contributed by atoms with Gasteiger partial charge in [-0.1, -0.05) is 30.3 Å². The molecular formula is C18H26N2O3.